The molecule has 2 aromatic heterocycles. The summed E-state index contributed by atoms with van der Waals surface area (Å²) < 4.78 is 10.5. The number of phenolic OH excluding ortho intramolecular Hbond substituents is 1. The largest absolute Gasteiger partial charge is 0.504 e. The van der Waals surface area contributed by atoms with E-state index in [1.54, 1.807) is 48.4 Å². The highest BCUT2D eigenvalue weighted by Gasteiger charge is 2.34. The molecule has 4 aromatic carbocycles. The number of furan rings is 1. The molecule has 74 heavy (non-hydrogen) atoms. The van der Waals surface area contributed by atoms with Crippen molar-refractivity contribution in [2.75, 3.05) is 32.1 Å². The number of unbranched alkanes of at least 4 members (excludes halogenated alkanes) is 1. The molecule has 2 atom stereocenters. The van der Waals surface area contributed by atoms with Gasteiger partial charge in [-0.3, -0.25) is 24.0 Å². The number of methoxy groups -OCH3 is 1. The Hall–Kier alpha value is -6.85. The van der Waals surface area contributed by atoms with Crippen LogP contribution in [0.4, 0.5) is 5.69 Å². The Morgan fingerprint density at radius 3 is 2.47 bits per heavy atom. The SMILES string of the molecule is C.CC[C@H](C(C)=O)N1Cc2ccccc2C1=O.COc1cc(/C=N/N=C2\NC(=O)C(CC(=O)Nc3cccc(Cl)c3Cl)S2)ccc1O.O=C(CCCCN1CCCCC1)c1cc(-c2ccco2)nc2ccccc12. The van der Waals surface area contributed by atoms with Gasteiger partial charge in [0, 0.05) is 35.9 Å². The number of benzene rings is 4. The number of aromatic hydroxyl groups is 1. The fraction of sp³-hybridized carbons (Fsp3) is 0.321. The van der Waals surface area contributed by atoms with Crippen molar-refractivity contribution in [2.24, 2.45) is 10.2 Å². The number of fused-ring (bicyclic) bond motifs is 2. The molecular formula is C56H61Cl2N7O8S. The van der Waals surface area contributed by atoms with Crippen LogP contribution >= 0.6 is 35.0 Å². The number of piperidine rings is 1. The number of nitrogens with zero attached hydrogens (tertiary/aromatic N) is 5. The van der Waals surface area contributed by atoms with E-state index in [9.17, 15) is 29.1 Å². The summed E-state index contributed by atoms with van der Waals surface area (Å²) in [7, 11) is 1.44. The Bertz CT molecular complexity index is 3000. The number of aromatic nitrogens is 1. The molecule has 0 bridgehead atoms. The van der Waals surface area contributed by atoms with Crippen LogP contribution in [-0.4, -0.2) is 98.6 Å². The molecular weight excluding hydrogens is 1000 g/mol. The first kappa shape index (κ1) is 56.4. The van der Waals surface area contributed by atoms with E-state index in [1.165, 1.54) is 51.7 Å². The van der Waals surface area contributed by atoms with Crippen molar-refractivity contribution in [1.29, 1.82) is 0 Å². The van der Waals surface area contributed by atoms with Gasteiger partial charge in [-0.1, -0.05) is 98.2 Å². The zero-order valence-electron chi connectivity index (χ0n) is 40.8. The summed E-state index contributed by atoms with van der Waals surface area (Å²) in [5.41, 5.74) is 5.09. The van der Waals surface area contributed by atoms with Crippen molar-refractivity contribution in [1.82, 2.24) is 20.1 Å². The average Bonchev–Trinajstić information content (AvgIpc) is 4.15. The number of hydrogen-bond acceptors (Lipinski definition) is 13. The maximum atomic E-state index is 13.0. The van der Waals surface area contributed by atoms with Gasteiger partial charge < -0.3 is 34.7 Å². The fourth-order valence-corrected chi connectivity index (χ4v) is 9.90. The third-order valence-electron chi connectivity index (χ3n) is 12.4. The smallest absolute Gasteiger partial charge is 0.255 e. The molecule has 0 saturated carbocycles. The molecule has 18 heteroatoms. The van der Waals surface area contributed by atoms with Crippen LogP contribution in [0.5, 0.6) is 11.5 Å². The summed E-state index contributed by atoms with van der Waals surface area (Å²) >= 11 is 13.1. The first-order valence-electron chi connectivity index (χ1n) is 24.1. The molecule has 0 radical (unpaired) electrons. The fourth-order valence-electron chi connectivity index (χ4n) is 8.63. The number of Topliss-reactive ketones (excluding diaryl/α,β-unsaturated/α-hetero) is 2. The Balaban J connectivity index is 0.000000187. The third kappa shape index (κ3) is 14.9. The topological polar surface area (TPSA) is 196 Å². The number of halogens is 2. The van der Waals surface area contributed by atoms with Crippen molar-refractivity contribution >= 4 is 92.2 Å². The lowest BCUT2D eigenvalue weighted by molar-refractivity contribution is -0.122. The highest BCUT2D eigenvalue weighted by Crippen LogP contribution is 2.32. The second-order valence-corrected chi connectivity index (χ2v) is 19.5. The highest BCUT2D eigenvalue weighted by molar-refractivity contribution is 8.15. The van der Waals surface area contributed by atoms with Crippen LogP contribution in [0, 0.1) is 0 Å². The van der Waals surface area contributed by atoms with Gasteiger partial charge in [0.05, 0.1) is 46.9 Å². The number of carbonyl (C=O) groups excluding carboxylic acids is 5. The van der Waals surface area contributed by atoms with Gasteiger partial charge in [0.25, 0.3) is 5.91 Å². The quantitative estimate of drug-likeness (QED) is 0.0361. The number of para-hydroxylation sites is 1. The Morgan fingerprint density at radius 1 is 0.973 bits per heavy atom. The maximum absolute atomic E-state index is 13.0. The molecule has 0 spiro atoms. The van der Waals surface area contributed by atoms with Gasteiger partial charge in [-0.2, -0.15) is 5.10 Å². The van der Waals surface area contributed by atoms with E-state index in [1.807, 2.05) is 73.7 Å². The lowest BCUT2D eigenvalue weighted by Crippen LogP contribution is -2.39. The molecule has 0 aliphatic carbocycles. The average molecular weight is 1060 g/mol. The van der Waals surface area contributed by atoms with Gasteiger partial charge in [0.1, 0.15) is 10.9 Å². The van der Waals surface area contributed by atoms with E-state index < -0.39 is 5.25 Å². The molecule has 6 aromatic rings. The van der Waals surface area contributed by atoms with Gasteiger partial charge >= 0.3 is 0 Å². The number of rotatable bonds is 16. The van der Waals surface area contributed by atoms with E-state index in [0.29, 0.717) is 47.2 Å². The summed E-state index contributed by atoms with van der Waals surface area (Å²) in [6.07, 6.45) is 10.3. The molecule has 3 aliphatic rings. The van der Waals surface area contributed by atoms with Crippen molar-refractivity contribution in [3.05, 3.63) is 142 Å². The number of ketones is 2. The lowest BCUT2D eigenvalue weighted by Gasteiger charge is -2.26. The van der Waals surface area contributed by atoms with E-state index in [-0.39, 0.29) is 65.1 Å². The maximum Gasteiger partial charge on any atom is 0.255 e. The third-order valence-corrected chi connectivity index (χ3v) is 14.3. The number of thioether (sulfide) groups is 1. The van der Waals surface area contributed by atoms with Crippen LogP contribution in [0.2, 0.25) is 10.0 Å². The zero-order valence-corrected chi connectivity index (χ0v) is 43.1. The van der Waals surface area contributed by atoms with E-state index in [4.69, 9.17) is 32.4 Å². The van der Waals surface area contributed by atoms with Gasteiger partial charge in [-0.25, -0.2) is 4.98 Å². The number of phenols is 1. The van der Waals surface area contributed by atoms with Gasteiger partial charge in [-0.05, 0) is 130 Å². The van der Waals surface area contributed by atoms with Crippen LogP contribution in [0.25, 0.3) is 22.4 Å². The van der Waals surface area contributed by atoms with E-state index >= 15 is 0 Å². The molecule has 388 valence electrons. The minimum Gasteiger partial charge on any atom is -0.504 e. The van der Waals surface area contributed by atoms with Crippen LogP contribution in [0.1, 0.15) is 104 Å². The molecule has 1 unspecified atom stereocenters. The van der Waals surface area contributed by atoms with Crippen molar-refractivity contribution in [2.45, 2.75) is 90.5 Å². The summed E-state index contributed by atoms with van der Waals surface area (Å²) in [5.74, 6) is 0.530. The van der Waals surface area contributed by atoms with Gasteiger partial charge in [0.15, 0.2) is 34.0 Å². The second kappa shape index (κ2) is 27.4. The Labute approximate surface area is 445 Å². The predicted molar refractivity (Wildman–Crippen MR) is 295 cm³/mol. The van der Waals surface area contributed by atoms with Crippen LogP contribution < -0.4 is 15.4 Å². The van der Waals surface area contributed by atoms with Crippen molar-refractivity contribution in [3.63, 3.8) is 0 Å². The lowest BCUT2D eigenvalue weighted by atomic mass is 9.99. The number of likely N-dealkylation sites (tertiary alicyclic amines) is 1. The Kier molecular flexibility index (Phi) is 20.9. The predicted octanol–water partition coefficient (Wildman–Crippen LogP) is 11.6. The van der Waals surface area contributed by atoms with Crippen LogP contribution in [0.3, 0.4) is 0 Å². The second-order valence-electron chi connectivity index (χ2n) is 17.5. The molecule has 3 N–H and O–H groups in total. The number of amidine groups is 1. The molecule has 2 saturated heterocycles. The molecule has 2 fully saturated rings. The van der Waals surface area contributed by atoms with Gasteiger partial charge in [-0.15, -0.1) is 5.10 Å². The molecule has 3 aliphatic heterocycles. The summed E-state index contributed by atoms with van der Waals surface area (Å²) in [4.78, 5) is 69.7. The molecule has 15 nitrogen and oxygen atoms in total. The summed E-state index contributed by atoms with van der Waals surface area (Å²) in [5, 5.41) is 23.8. The number of carbonyl (C=O) groups is 5. The normalized spacial score (nSPS) is 16.1. The molecule has 3 amide bonds. The monoisotopic (exact) mass is 1060 g/mol. The molecule has 9 rings (SSSR count). The zero-order chi connectivity index (χ0) is 51.9. The minimum atomic E-state index is -0.648. The first-order valence-corrected chi connectivity index (χ1v) is 25.7. The van der Waals surface area contributed by atoms with Crippen molar-refractivity contribution < 1.29 is 38.2 Å². The van der Waals surface area contributed by atoms with Crippen LogP contribution in [0.15, 0.2) is 124 Å². The van der Waals surface area contributed by atoms with E-state index in [0.717, 1.165) is 64.4 Å². The number of anilines is 1. The number of ether oxygens (including phenoxy) is 1. The number of pyridine rings is 1. The van der Waals surface area contributed by atoms with E-state index in [2.05, 4.69) is 30.7 Å². The molecule has 5 heterocycles. The Morgan fingerprint density at radius 2 is 1.74 bits per heavy atom. The summed E-state index contributed by atoms with van der Waals surface area (Å²) in [6, 6.07) is 30.3. The minimum absolute atomic E-state index is 0. The standard InChI is InChI=1S/C23H26N2O2.C19H16Cl2N4O4S.C13H15NO2.CH4/c26-22(11-4-7-15-25-13-5-1-6-14-25)19-17-21(23-12-8-16-27-23)24-20-10-3-2-9-18(19)20;1-29-14-7-10(5-6-13(14)26)9-22-25-19-24-18(28)15(30-19)8-16(27)23-12-4-2-3-11(20)17(12)21;1-3-12(9(2)15)14-8-10-6-4-5-7-11(10)13(14)16;/h2-3,8-10,12,16-17H,1,4-7,11,13-15H2;2-7,9,15,26H,8H2,1H3,(H,23,27)(H,24,25,28);4-7,12H,3,8H2,1-2H3;1H4/b;22-9+;;/t;;12-;/m..1./s1. The van der Waals surface area contributed by atoms with Crippen LogP contribution in [-0.2, 0) is 20.9 Å². The van der Waals surface area contributed by atoms with Gasteiger partial charge in [0.2, 0.25) is 11.8 Å². The number of nitrogens with one attached hydrogen (secondary N) is 2. The first-order chi connectivity index (χ1) is 35.3. The number of hydrogen-bond donors (Lipinski definition) is 3. The van der Waals surface area contributed by atoms with Crippen molar-refractivity contribution in [3.8, 4) is 23.0 Å². The number of amides is 3. The summed E-state index contributed by atoms with van der Waals surface area (Å²) in [6.45, 7) is 7.59. The highest BCUT2D eigenvalue weighted by atomic mass is 35.5.